The maximum absolute atomic E-state index is 5.67. The summed E-state index contributed by atoms with van der Waals surface area (Å²) >= 11 is 0. The molecule has 0 aliphatic carbocycles. The van der Waals surface area contributed by atoms with Gasteiger partial charge in [0.25, 0.3) is 0 Å². The molecular weight excluding hydrogens is 236 g/mol. The van der Waals surface area contributed by atoms with Gasteiger partial charge in [0.15, 0.2) is 6.29 Å². The fourth-order valence-corrected chi connectivity index (χ4v) is 2.37. The minimum Gasteiger partial charge on any atom is -0.465 e. The minimum absolute atomic E-state index is 0.192. The zero-order valence-electron chi connectivity index (χ0n) is 13.2. The van der Waals surface area contributed by atoms with Crippen LogP contribution in [0.3, 0.4) is 0 Å². The molecule has 0 amide bonds. The van der Waals surface area contributed by atoms with Crippen LogP contribution in [-0.2, 0) is 4.74 Å². The summed E-state index contributed by atoms with van der Waals surface area (Å²) in [6.07, 6.45) is 0.991. The molecule has 19 heavy (non-hydrogen) atoms. The Labute approximate surface area is 118 Å². The molecule has 2 atom stereocenters. The number of hydrogen-bond donors (Lipinski definition) is 0. The van der Waals surface area contributed by atoms with E-state index in [-0.39, 0.29) is 6.29 Å². The van der Waals surface area contributed by atoms with E-state index in [1.165, 1.54) is 12.0 Å². The monoisotopic (exact) mass is 264 g/mol. The summed E-state index contributed by atoms with van der Waals surface area (Å²) in [5, 5.41) is 0. The molecule has 2 unspecified atom stereocenters. The lowest BCUT2D eigenvalue weighted by Gasteiger charge is -2.23. The van der Waals surface area contributed by atoms with Gasteiger partial charge in [-0.3, -0.25) is 0 Å². The van der Waals surface area contributed by atoms with Crippen LogP contribution in [0.5, 0.6) is 5.75 Å². The molecule has 0 saturated heterocycles. The van der Waals surface area contributed by atoms with Gasteiger partial charge in [-0.1, -0.05) is 39.8 Å². The topological polar surface area (TPSA) is 18.5 Å². The predicted octanol–water partition coefficient (Wildman–Crippen LogP) is 4.99. The molecule has 2 nitrogen and oxygen atoms in total. The highest BCUT2D eigenvalue weighted by Crippen LogP contribution is 2.31. The van der Waals surface area contributed by atoms with Crippen molar-refractivity contribution in [3.05, 3.63) is 29.8 Å². The Kier molecular flexibility index (Phi) is 5.86. The SMILES string of the molecule is CCOC(C)Oc1ccc(C(C)CC(C)(C)C)cc1. The van der Waals surface area contributed by atoms with E-state index in [9.17, 15) is 0 Å². The molecule has 0 saturated carbocycles. The quantitative estimate of drug-likeness (QED) is 0.674. The number of benzene rings is 1. The fraction of sp³-hybridized carbons (Fsp3) is 0.647. The molecule has 0 heterocycles. The molecule has 0 bridgehead atoms. The van der Waals surface area contributed by atoms with Crippen LogP contribution < -0.4 is 4.74 Å². The van der Waals surface area contributed by atoms with Crippen LogP contribution in [0.25, 0.3) is 0 Å². The van der Waals surface area contributed by atoms with Gasteiger partial charge >= 0.3 is 0 Å². The summed E-state index contributed by atoms with van der Waals surface area (Å²) in [5.41, 5.74) is 1.73. The summed E-state index contributed by atoms with van der Waals surface area (Å²) in [5.74, 6) is 1.44. The summed E-state index contributed by atoms with van der Waals surface area (Å²) in [4.78, 5) is 0. The first-order valence-electron chi connectivity index (χ1n) is 7.20. The van der Waals surface area contributed by atoms with Crippen LogP contribution in [0.15, 0.2) is 24.3 Å². The van der Waals surface area contributed by atoms with Crippen molar-refractivity contribution >= 4 is 0 Å². The van der Waals surface area contributed by atoms with E-state index < -0.39 is 0 Å². The first-order valence-corrected chi connectivity index (χ1v) is 7.20. The Morgan fingerprint density at radius 3 is 2.11 bits per heavy atom. The zero-order chi connectivity index (χ0) is 14.5. The molecule has 108 valence electrons. The molecule has 0 fully saturated rings. The highest BCUT2D eigenvalue weighted by molar-refractivity contribution is 5.29. The van der Waals surface area contributed by atoms with E-state index in [0.29, 0.717) is 17.9 Å². The van der Waals surface area contributed by atoms with Crippen molar-refractivity contribution in [3.63, 3.8) is 0 Å². The van der Waals surface area contributed by atoms with Crippen molar-refractivity contribution in [3.8, 4) is 5.75 Å². The molecule has 1 rings (SSSR count). The van der Waals surface area contributed by atoms with Crippen molar-refractivity contribution in [2.45, 2.75) is 60.2 Å². The largest absolute Gasteiger partial charge is 0.465 e. The average Bonchev–Trinajstić information content (AvgIpc) is 2.27. The highest BCUT2D eigenvalue weighted by atomic mass is 16.7. The fourth-order valence-electron chi connectivity index (χ4n) is 2.37. The van der Waals surface area contributed by atoms with E-state index in [1.54, 1.807) is 0 Å². The number of rotatable bonds is 6. The predicted molar refractivity (Wildman–Crippen MR) is 80.6 cm³/mol. The van der Waals surface area contributed by atoms with Gasteiger partial charge in [-0.05, 0) is 49.3 Å². The van der Waals surface area contributed by atoms with E-state index in [2.05, 4.69) is 39.8 Å². The van der Waals surface area contributed by atoms with Crippen LogP contribution in [0, 0.1) is 5.41 Å². The highest BCUT2D eigenvalue weighted by Gasteiger charge is 2.16. The van der Waals surface area contributed by atoms with E-state index in [1.807, 2.05) is 26.0 Å². The van der Waals surface area contributed by atoms with Crippen molar-refractivity contribution < 1.29 is 9.47 Å². The van der Waals surface area contributed by atoms with Crippen LogP contribution in [0.2, 0.25) is 0 Å². The van der Waals surface area contributed by atoms with E-state index >= 15 is 0 Å². The molecule has 0 aliphatic heterocycles. The summed E-state index contributed by atoms with van der Waals surface area (Å²) < 4.78 is 11.0. The molecule has 1 aromatic rings. The van der Waals surface area contributed by atoms with Crippen LogP contribution in [0.4, 0.5) is 0 Å². The number of hydrogen-bond acceptors (Lipinski definition) is 2. The Bertz CT molecular complexity index is 362. The Hall–Kier alpha value is -1.02. The van der Waals surface area contributed by atoms with Crippen LogP contribution in [-0.4, -0.2) is 12.9 Å². The van der Waals surface area contributed by atoms with Gasteiger partial charge in [-0.25, -0.2) is 0 Å². The first kappa shape index (κ1) is 16.0. The van der Waals surface area contributed by atoms with Crippen molar-refractivity contribution in [1.82, 2.24) is 0 Å². The lowest BCUT2D eigenvalue weighted by atomic mass is 9.82. The van der Waals surface area contributed by atoms with Crippen molar-refractivity contribution in [1.29, 1.82) is 0 Å². The molecule has 1 aromatic carbocycles. The maximum atomic E-state index is 5.67. The van der Waals surface area contributed by atoms with E-state index in [4.69, 9.17) is 9.47 Å². The molecule has 0 aliphatic rings. The molecule has 0 N–H and O–H groups in total. The Morgan fingerprint density at radius 2 is 1.63 bits per heavy atom. The van der Waals surface area contributed by atoms with Crippen molar-refractivity contribution in [2.24, 2.45) is 5.41 Å². The summed E-state index contributed by atoms with van der Waals surface area (Å²) in [6.45, 7) is 13.7. The first-order chi connectivity index (χ1) is 8.81. The molecular formula is C17H28O2. The third kappa shape index (κ3) is 6.11. The zero-order valence-corrected chi connectivity index (χ0v) is 13.2. The second kappa shape index (κ2) is 6.95. The lowest BCUT2D eigenvalue weighted by Crippen LogP contribution is -2.16. The van der Waals surface area contributed by atoms with Gasteiger partial charge in [-0.15, -0.1) is 0 Å². The molecule has 0 spiro atoms. The van der Waals surface area contributed by atoms with Crippen molar-refractivity contribution in [2.75, 3.05) is 6.61 Å². The van der Waals surface area contributed by atoms with Gasteiger partial charge in [-0.2, -0.15) is 0 Å². The summed E-state index contributed by atoms with van der Waals surface area (Å²) in [7, 11) is 0. The van der Waals surface area contributed by atoms with Crippen LogP contribution >= 0.6 is 0 Å². The van der Waals surface area contributed by atoms with Gasteiger partial charge in [0, 0.05) is 6.61 Å². The third-order valence-corrected chi connectivity index (χ3v) is 3.07. The average molecular weight is 264 g/mol. The third-order valence-electron chi connectivity index (χ3n) is 3.07. The second-order valence-corrected chi connectivity index (χ2v) is 6.38. The van der Waals surface area contributed by atoms with Gasteiger partial charge in [0.05, 0.1) is 0 Å². The summed E-state index contributed by atoms with van der Waals surface area (Å²) in [6, 6.07) is 8.38. The van der Waals surface area contributed by atoms with E-state index in [0.717, 1.165) is 5.75 Å². The molecule has 2 heteroatoms. The van der Waals surface area contributed by atoms with Crippen LogP contribution in [0.1, 0.15) is 59.4 Å². The normalized spacial score (nSPS) is 15.1. The Balaban J connectivity index is 2.60. The molecule has 0 radical (unpaired) electrons. The lowest BCUT2D eigenvalue weighted by molar-refractivity contribution is -0.0613. The smallest absolute Gasteiger partial charge is 0.196 e. The van der Waals surface area contributed by atoms with Gasteiger partial charge in [0.1, 0.15) is 5.75 Å². The standard InChI is InChI=1S/C17H28O2/c1-7-18-14(3)19-16-10-8-15(9-11-16)13(2)12-17(4,5)6/h8-11,13-14H,7,12H2,1-6H3. The van der Waals surface area contributed by atoms with Gasteiger partial charge < -0.3 is 9.47 Å². The van der Waals surface area contributed by atoms with Gasteiger partial charge in [0.2, 0.25) is 0 Å². The molecule has 0 aromatic heterocycles. The number of ether oxygens (including phenoxy) is 2. The second-order valence-electron chi connectivity index (χ2n) is 6.38. The minimum atomic E-state index is -0.192. The Morgan fingerprint density at radius 1 is 1.05 bits per heavy atom. The maximum Gasteiger partial charge on any atom is 0.196 e.